The second kappa shape index (κ2) is 7.61. The Hall–Kier alpha value is -2.34. The maximum Gasteiger partial charge on any atom is 0.315 e. The van der Waals surface area contributed by atoms with Gasteiger partial charge in [0.25, 0.3) is 0 Å². The second-order valence-electron chi connectivity index (χ2n) is 5.38. The lowest BCUT2D eigenvalue weighted by molar-refractivity contribution is 0.187. The van der Waals surface area contributed by atoms with Crippen LogP contribution >= 0.6 is 0 Å². The van der Waals surface area contributed by atoms with E-state index in [4.69, 9.17) is 5.11 Å². The molecule has 0 radical (unpaired) electrons. The molecule has 2 aromatic rings. The topological polar surface area (TPSA) is 79.2 Å². The Labute approximate surface area is 130 Å². The molecule has 2 atom stereocenters. The van der Waals surface area contributed by atoms with Crippen LogP contribution in [0.15, 0.2) is 42.7 Å². The number of rotatable bonds is 6. The van der Waals surface area contributed by atoms with Crippen molar-refractivity contribution in [2.24, 2.45) is 0 Å². The Morgan fingerprint density at radius 1 is 1.32 bits per heavy atom. The van der Waals surface area contributed by atoms with Gasteiger partial charge in [0.05, 0.1) is 24.9 Å². The van der Waals surface area contributed by atoms with Crippen LogP contribution in [0.5, 0.6) is 0 Å². The minimum atomic E-state index is -0.560. The molecule has 6 heteroatoms. The van der Waals surface area contributed by atoms with Crippen molar-refractivity contribution in [3.8, 4) is 0 Å². The van der Waals surface area contributed by atoms with Gasteiger partial charge in [-0.1, -0.05) is 30.3 Å². The first-order valence-corrected chi connectivity index (χ1v) is 7.33. The average Bonchev–Trinajstić information content (AvgIpc) is 2.95. The number of nitrogens with one attached hydrogen (secondary N) is 2. The van der Waals surface area contributed by atoms with Gasteiger partial charge >= 0.3 is 6.03 Å². The van der Waals surface area contributed by atoms with E-state index < -0.39 is 6.10 Å². The van der Waals surface area contributed by atoms with Gasteiger partial charge in [0.2, 0.25) is 0 Å². The molecular weight excluding hydrogens is 280 g/mol. The van der Waals surface area contributed by atoms with Crippen molar-refractivity contribution < 1.29 is 9.90 Å². The van der Waals surface area contributed by atoms with E-state index >= 15 is 0 Å². The fraction of sp³-hybridized carbons (Fsp3) is 0.375. The van der Waals surface area contributed by atoms with Crippen molar-refractivity contribution in [3.63, 3.8) is 0 Å². The molecule has 0 saturated carbocycles. The van der Waals surface area contributed by atoms with E-state index in [1.54, 1.807) is 13.1 Å². The second-order valence-corrected chi connectivity index (χ2v) is 5.38. The highest BCUT2D eigenvalue weighted by atomic mass is 16.3. The number of carbonyl (C=O) groups excluding carboxylic acids is 1. The lowest BCUT2D eigenvalue weighted by Crippen LogP contribution is -2.40. The third-order valence-electron chi connectivity index (χ3n) is 3.25. The van der Waals surface area contributed by atoms with E-state index in [1.165, 1.54) is 5.56 Å². The Morgan fingerprint density at radius 3 is 2.73 bits per heavy atom. The van der Waals surface area contributed by atoms with E-state index in [0.717, 1.165) is 5.56 Å². The zero-order valence-electron chi connectivity index (χ0n) is 12.9. The molecular formula is C16H22N4O2. The van der Waals surface area contributed by atoms with E-state index in [0.29, 0.717) is 6.54 Å². The Bertz CT molecular complexity index is 595. The van der Waals surface area contributed by atoms with E-state index in [2.05, 4.69) is 15.7 Å². The van der Waals surface area contributed by atoms with Crippen LogP contribution in [0.1, 0.15) is 31.0 Å². The van der Waals surface area contributed by atoms with Gasteiger partial charge in [-0.05, 0) is 19.4 Å². The number of urea groups is 1. The maximum absolute atomic E-state index is 11.7. The van der Waals surface area contributed by atoms with Crippen LogP contribution in [-0.2, 0) is 6.54 Å². The summed E-state index contributed by atoms with van der Waals surface area (Å²) in [5.74, 6) is 0. The molecule has 118 valence electrons. The first kappa shape index (κ1) is 16.0. The van der Waals surface area contributed by atoms with Crippen LogP contribution in [0, 0.1) is 0 Å². The maximum atomic E-state index is 11.7. The molecule has 3 N–H and O–H groups in total. The zero-order valence-corrected chi connectivity index (χ0v) is 12.9. The molecule has 0 saturated heterocycles. The number of aliphatic hydroxyl groups excluding tert-OH is 1. The van der Waals surface area contributed by atoms with Crippen LogP contribution in [-0.4, -0.2) is 33.6 Å². The molecule has 1 heterocycles. The van der Waals surface area contributed by atoms with Crippen molar-refractivity contribution >= 4 is 6.03 Å². The van der Waals surface area contributed by atoms with Gasteiger partial charge in [0, 0.05) is 18.3 Å². The van der Waals surface area contributed by atoms with Gasteiger partial charge < -0.3 is 15.7 Å². The van der Waals surface area contributed by atoms with Gasteiger partial charge in [-0.2, -0.15) is 5.10 Å². The molecule has 1 aromatic carbocycles. The van der Waals surface area contributed by atoms with Crippen molar-refractivity contribution in [1.29, 1.82) is 0 Å². The smallest absolute Gasteiger partial charge is 0.315 e. The molecule has 0 spiro atoms. The van der Waals surface area contributed by atoms with Crippen LogP contribution in [0.4, 0.5) is 4.79 Å². The molecule has 1 aromatic heterocycles. The molecule has 0 bridgehead atoms. The number of hydrogen-bond donors (Lipinski definition) is 3. The fourth-order valence-corrected chi connectivity index (χ4v) is 2.03. The highest BCUT2D eigenvalue weighted by molar-refractivity contribution is 5.74. The summed E-state index contributed by atoms with van der Waals surface area (Å²) in [6.45, 7) is 4.44. The van der Waals surface area contributed by atoms with E-state index in [-0.39, 0.29) is 18.6 Å². The van der Waals surface area contributed by atoms with Gasteiger partial charge in [-0.15, -0.1) is 0 Å². The predicted molar refractivity (Wildman–Crippen MR) is 84.4 cm³/mol. The lowest BCUT2D eigenvalue weighted by atomic mass is 10.2. The standard InChI is InChI=1S/C16H22N4O2/c1-12(21)8-17-16(22)19-13(2)15-9-18-20(11-15)10-14-6-4-3-5-7-14/h3-7,9,11-13,21H,8,10H2,1-2H3,(H2,17,19,22)/t12-,13-/m1/s1. The van der Waals surface area contributed by atoms with Gasteiger partial charge in [-0.3, -0.25) is 4.68 Å². The number of nitrogens with zero attached hydrogens (tertiary/aromatic N) is 2. The summed E-state index contributed by atoms with van der Waals surface area (Å²) in [6.07, 6.45) is 3.12. The Balaban J connectivity index is 1.89. The highest BCUT2D eigenvalue weighted by Gasteiger charge is 2.11. The molecule has 22 heavy (non-hydrogen) atoms. The largest absolute Gasteiger partial charge is 0.392 e. The van der Waals surface area contributed by atoms with E-state index in [1.807, 2.05) is 48.1 Å². The summed E-state index contributed by atoms with van der Waals surface area (Å²) < 4.78 is 1.84. The first-order valence-electron chi connectivity index (χ1n) is 7.33. The van der Waals surface area contributed by atoms with Crippen molar-refractivity contribution in [1.82, 2.24) is 20.4 Å². The van der Waals surface area contributed by atoms with Crippen molar-refractivity contribution in [2.75, 3.05) is 6.54 Å². The summed E-state index contributed by atoms with van der Waals surface area (Å²) in [5.41, 5.74) is 2.11. The normalized spacial score (nSPS) is 13.4. The minimum absolute atomic E-state index is 0.154. The fourth-order valence-electron chi connectivity index (χ4n) is 2.03. The van der Waals surface area contributed by atoms with Crippen molar-refractivity contribution in [3.05, 3.63) is 53.9 Å². The quantitative estimate of drug-likeness (QED) is 0.759. The zero-order chi connectivity index (χ0) is 15.9. The number of hydrogen-bond acceptors (Lipinski definition) is 3. The number of amides is 2. The lowest BCUT2D eigenvalue weighted by Gasteiger charge is -2.13. The summed E-state index contributed by atoms with van der Waals surface area (Å²) in [6, 6.07) is 9.62. The minimum Gasteiger partial charge on any atom is -0.392 e. The number of carbonyl (C=O) groups is 1. The number of aromatic nitrogens is 2. The summed E-state index contributed by atoms with van der Waals surface area (Å²) in [5, 5.41) is 18.9. The molecule has 0 fully saturated rings. The Kier molecular flexibility index (Phi) is 5.55. The summed E-state index contributed by atoms with van der Waals surface area (Å²) >= 11 is 0. The first-order chi connectivity index (χ1) is 10.5. The van der Waals surface area contributed by atoms with Gasteiger partial charge in [0.15, 0.2) is 0 Å². The third kappa shape index (κ3) is 4.89. The van der Waals surface area contributed by atoms with Crippen LogP contribution < -0.4 is 10.6 Å². The van der Waals surface area contributed by atoms with Crippen LogP contribution in [0.2, 0.25) is 0 Å². The van der Waals surface area contributed by atoms with Crippen LogP contribution in [0.3, 0.4) is 0 Å². The molecule has 0 aliphatic rings. The van der Waals surface area contributed by atoms with Crippen molar-refractivity contribution in [2.45, 2.75) is 32.5 Å². The molecule has 0 aliphatic heterocycles. The van der Waals surface area contributed by atoms with Gasteiger partial charge in [-0.25, -0.2) is 4.79 Å². The van der Waals surface area contributed by atoms with Crippen LogP contribution in [0.25, 0.3) is 0 Å². The predicted octanol–water partition coefficient (Wildman–Crippen LogP) is 1.67. The Morgan fingerprint density at radius 2 is 2.05 bits per heavy atom. The number of benzene rings is 1. The molecule has 2 rings (SSSR count). The monoisotopic (exact) mass is 302 g/mol. The van der Waals surface area contributed by atoms with E-state index in [9.17, 15) is 4.79 Å². The SMILES string of the molecule is C[C@@H](O)CNC(=O)N[C@H](C)c1cnn(Cc2ccccc2)c1. The highest BCUT2D eigenvalue weighted by Crippen LogP contribution is 2.12. The summed E-state index contributed by atoms with van der Waals surface area (Å²) in [7, 11) is 0. The summed E-state index contributed by atoms with van der Waals surface area (Å²) in [4.78, 5) is 11.7. The molecule has 0 aliphatic carbocycles. The molecule has 0 unspecified atom stereocenters. The molecule has 2 amide bonds. The number of aliphatic hydroxyl groups is 1. The molecule has 6 nitrogen and oxygen atoms in total. The third-order valence-corrected chi connectivity index (χ3v) is 3.25. The average molecular weight is 302 g/mol. The van der Waals surface area contributed by atoms with Gasteiger partial charge in [0.1, 0.15) is 0 Å².